The van der Waals surface area contributed by atoms with Gasteiger partial charge in [0.25, 0.3) is 0 Å². The summed E-state index contributed by atoms with van der Waals surface area (Å²) in [6.45, 7) is 3.22. The molecule has 2 aliphatic carbocycles. The molecule has 0 radical (unpaired) electrons. The van der Waals surface area contributed by atoms with Crippen molar-refractivity contribution in [1.29, 1.82) is 0 Å². The summed E-state index contributed by atoms with van der Waals surface area (Å²) in [5.74, 6) is 2.68. The highest BCUT2D eigenvalue weighted by Gasteiger charge is 2.45. The first kappa shape index (κ1) is 12.5. The zero-order valence-electron chi connectivity index (χ0n) is 11.4. The van der Waals surface area contributed by atoms with Gasteiger partial charge in [-0.05, 0) is 43.4 Å². The number of hydrogen-bond acceptors (Lipinski definition) is 2. The number of β-amino-alcohol motifs (C(OH)–C–C–N with tert-alkyl or cyclic N) is 1. The molecule has 3 rings (SSSR count). The maximum absolute atomic E-state index is 12.2. The van der Waals surface area contributed by atoms with Crippen LogP contribution in [0.5, 0.6) is 0 Å². The van der Waals surface area contributed by atoms with Crippen molar-refractivity contribution in [1.82, 2.24) is 4.90 Å². The fourth-order valence-electron chi connectivity index (χ4n) is 4.44. The molecule has 1 aliphatic heterocycles. The predicted molar refractivity (Wildman–Crippen MR) is 70.0 cm³/mol. The van der Waals surface area contributed by atoms with Crippen molar-refractivity contribution >= 4 is 5.91 Å². The largest absolute Gasteiger partial charge is 0.386 e. The summed E-state index contributed by atoms with van der Waals surface area (Å²) < 4.78 is 0. The van der Waals surface area contributed by atoms with E-state index in [0.717, 1.165) is 31.1 Å². The van der Waals surface area contributed by atoms with Crippen LogP contribution >= 0.6 is 0 Å². The van der Waals surface area contributed by atoms with Gasteiger partial charge in [-0.1, -0.05) is 19.8 Å². The summed E-state index contributed by atoms with van der Waals surface area (Å²) in [5.41, 5.74) is -0.570. The van der Waals surface area contributed by atoms with Crippen molar-refractivity contribution < 1.29 is 9.90 Å². The van der Waals surface area contributed by atoms with Gasteiger partial charge in [-0.25, -0.2) is 0 Å². The van der Waals surface area contributed by atoms with Gasteiger partial charge < -0.3 is 10.0 Å². The Morgan fingerprint density at radius 2 is 2.11 bits per heavy atom. The Bertz CT molecular complexity index is 335. The van der Waals surface area contributed by atoms with Gasteiger partial charge in [0.2, 0.25) is 5.91 Å². The van der Waals surface area contributed by atoms with Crippen molar-refractivity contribution in [2.75, 3.05) is 13.1 Å². The van der Waals surface area contributed by atoms with Crippen LogP contribution in [0.25, 0.3) is 0 Å². The molecule has 3 heteroatoms. The predicted octanol–water partition coefficient (Wildman–Crippen LogP) is 2.19. The number of rotatable bonds is 4. The standard InChI is InChI=1S/C15H25NO2/c1-2-5-15(18)9-16(10-15)14(17)8-13-7-11-3-4-12(13)6-11/h11-13,18H,2-10H2,1H3. The Kier molecular flexibility index (Phi) is 3.13. The van der Waals surface area contributed by atoms with E-state index in [4.69, 9.17) is 0 Å². The Hall–Kier alpha value is -0.570. The molecule has 0 aromatic carbocycles. The molecule has 1 N–H and O–H groups in total. The monoisotopic (exact) mass is 251 g/mol. The van der Waals surface area contributed by atoms with E-state index in [0.29, 0.717) is 19.0 Å². The summed E-state index contributed by atoms with van der Waals surface area (Å²) in [6, 6.07) is 0. The van der Waals surface area contributed by atoms with Crippen molar-refractivity contribution in [3.05, 3.63) is 0 Å². The molecule has 3 nitrogen and oxygen atoms in total. The highest BCUT2D eigenvalue weighted by Crippen LogP contribution is 2.49. The third-order valence-corrected chi connectivity index (χ3v) is 5.36. The fourth-order valence-corrected chi connectivity index (χ4v) is 4.44. The van der Waals surface area contributed by atoms with E-state index in [1.807, 2.05) is 4.90 Å². The van der Waals surface area contributed by atoms with Crippen LogP contribution in [0.15, 0.2) is 0 Å². The third kappa shape index (κ3) is 2.18. The molecule has 2 saturated carbocycles. The molecule has 0 aromatic heterocycles. The number of hydrogen-bond donors (Lipinski definition) is 1. The fraction of sp³-hybridized carbons (Fsp3) is 0.933. The Labute approximate surface area is 110 Å². The molecular weight excluding hydrogens is 226 g/mol. The molecule has 3 aliphatic rings. The maximum Gasteiger partial charge on any atom is 0.223 e. The van der Waals surface area contributed by atoms with Crippen LogP contribution < -0.4 is 0 Å². The van der Waals surface area contributed by atoms with E-state index in [2.05, 4.69) is 6.92 Å². The normalized spacial score (nSPS) is 36.8. The SMILES string of the molecule is CCCC1(O)CN(C(=O)CC2CC3CCC2C3)C1. The van der Waals surface area contributed by atoms with E-state index in [-0.39, 0.29) is 5.91 Å². The lowest BCUT2D eigenvalue weighted by Crippen LogP contribution is -2.63. The number of aliphatic hydroxyl groups is 1. The molecule has 1 saturated heterocycles. The average Bonchev–Trinajstić information content (AvgIpc) is 2.87. The minimum absolute atomic E-state index is 0.285. The minimum atomic E-state index is -0.570. The number of fused-ring (bicyclic) bond motifs is 2. The van der Waals surface area contributed by atoms with Crippen LogP contribution in [0.4, 0.5) is 0 Å². The van der Waals surface area contributed by atoms with Crippen LogP contribution in [0.1, 0.15) is 51.9 Å². The van der Waals surface area contributed by atoms with E-state index in [9.17, 15) is 9.90 Å². The molecule has 3 atom stereocenters. The van der Waals surface area contributed by atoms with Gasteiger partial charge in [-0.2, -0.15) is 0 Å². The van der Waals surface area contributed by atoms with Gasteiger partial charge in [0.15, 0.2) is 0 Å². The molecule has 3 unspecified atom stereocenters. The highest BCUT2D eigenvalue weighted by molar-refractivity contribution is 5.77. The number of likely N-dealkylation sites (tertiary alicyclic amines) is 1. The van der Waals surface area contributed by atoms with Crippen molar-refractivity contribution in [3.8, 4) is 0 Å². The minimum Gasteiger partial charge on any atom is -0.386 e. The van der Waals surface area contributed by atoms with E-state index >= 15 is 0 Å². The van der Waals surface area contributed by atoms with Crippen molar-refractivity contribution in [3.63, 3.8) is 0 Å². The Morgan fingerprint density at radius 1 is 1.33 bits per heavy atom. The average molecular weight is 251 g/mol. The topological polar surface area (TPSA) is 40.5 Å². The second-order valence-electron chi connectivity index (χ2n) is 6.86. The lowest BCUT2D eigenvalue weighted by atomic mass is 9.84. The summed E-state index contributed by atoms with van der Waals surface area (Å²) in [4.78, 5) is 14.0. The lowest BCUT2D eigenvalue weighted by molar-refractivity contribution is -0.157. The molecule has 18 heavy (non-hydrogen) atoms. The van der Waals surface area contributed by atoms with Gasteiger partial charge >= 0.3 is 0 Å². The van der Waals surface area contributed by atoms with Crippen molar-refractivity contribution in [2.24, 2.45) is 17.8 Å². The van der Waals surface area contributed by atoms with E-state index < -0.39 is 5.60 Å². The summed E-state index contributed by atoms with van der Waals surface area (Å²) in [5, 5.41) is 10.1. The lowest BCUT2D eigenvalue weighted by Gasteiger charge is -2.47. The number of amides is 1. The number of carbonyl (C=O) groups is 1. The Morgan fingerprint density at radius 3 is 2.67 bits per heavy atom. The second kappa shape index (κ2) is 4.52. The van der Waals surface area contributed by atoms with Gasteiger partial charge in [0.05, 0.1) is 18.7 Å². The molecule has 3 fully saturated rings. The first-order chi connectivity index (χ1) is 8.59. The van der Waals surface area contributed by atoms with E-state index in [1.165, 1.54) is 25.7 Å². The second-order valence-corrected chi connectivity index (χ2v) is 6.86. The highest BCUT2D eigenvalue weighted by atomic mass is 16.3. The summed E-state index contributed by atoms with van der Waals surface area (Å²) in [6.07, 6.45) is 7.96. The smallest absolute Gasteiger partial charge is 0.223 e. The molecule has 1 amide bonds. The van der Waals surface area contributed by atoms with Crippen molar-refractivity contribution in [2.45, 2.75) is 57.5 Å². The Balaban J connectivity index is 1.46. The molecule has 0 aromatic rings. The van der Waals surface area contributed by atoms with Gasteiger partial charge in [-0.15, -0.1) is 0 Å². The van der Waals surface area contributed by atoms with Gasteiger partial charge in [-0.3, -0.25) is 4.79 Å². The van der Waals surface area contributed by atoms with Crippen LogP contribution in [0, 0.1) is 17.8 Å². The van der Waals surface area contributed by atoms with E-state index in [1.54, 1.807) is 0 Å². The molecule has 0 spiro atoms. The van der Waals surface area contributed by atoms with Crippen LogP contribution in [-0.2, 0) is 4.79 Å². The molecule has 102 valence electrons. The first-order valence-corrected chi connectivity index (χ1v) is 7.60. The van der Waals surface area contributed by atoms with Gasteiger partial charge in [0, 0.05) is 6.42 Å². The quantitative estimate of drug-likeness (QED) is 0.832. The zero-order chi connectivity index (χ0) is 12.8. The van der Waals surface area contributed by atoms with Crippen LogP contribution in [-0.4, -0.2) is 34.6 Å². The van der Waals surface area contributed by atoms with Gasteiger partial charge in [0.1, 0.15) is 0 Å². The molecule has 1 heterocycles. The van der Waals surface area contributed by atoms with Crippen LogP contribution in [0.3, 0.4) is 0 Å². The summed E-state index contributed by atoms with van der Waals surface area (Å²) >= 11 is 0. The molecule has 2 bridgehead atoms. The summed E-state index contributed by atoms with van der Waals surface area (Å²) in [7, 11) is 0. The third-order valence-electron chi connectivity index (χ3n) is 5.36. The zero-order valence-corrected chi connectivity index (χ0v) is 11.4. The molecular formula is C15H25NO2. The maximum atomic E-state index is 12.2. The van der Waals surface area contributed by atoms with Crippen LogP contribution in [0.2, 0.25) is 0 Å². The first-order valence-electron chi connectivity index (χ1n) is 7.60. The number of nitrogens with zero attached hydrogens (tertiary/aromatic N) is 1. The number of carbonyl (C=O) groups excluding carboxylic acids is 1.